The Labute approximate surface area is 167 Å². The second-order valence-corrected chi connectivity index (χ2v) is 6.90. The molecule has 0 saturated heterocycles. The van der Waals surface area contributed by atoms with Gasteiger partial charge in [-0.05, 0) is 19.3 Å². The summed E-state index contributed by atoms with van der Waals surface area (Å²) in [6.07, 6.45) is 9.60. The van der Waals surface area contributed by atoms with Crippen LogP contribution in [0.15, 0.2) is 0 Å². The number of aliphatic hydroxyl groups excluding tert-OH is 1. The predicted molar refractivity (Wildman–Crippen MR) is 77.0 cm³/mol. The fourth-order valence-electron chi connectivity index (χ4n) is 2.25. The van der Waals surface area contributed by atoms with Crippen molar-refractivity contribution in [3.63, 3.8) is 0 Å². The molecule has 6 heteroatoms. The molecule has 116 valence electrons. The van der Waals surface area contributed by atoms with Gasteiger partial charge < -0.3 is 9.66 Å². The molecule has 0 bridgehead atoms. The van der Waals surface area contributed by atoms with Crippen molar-refractivity contribution in [1.29, 1.82) is 0 Å². The van der Waals surface area contributed by atoms with Crippen LogP contribution >= 0.6 is 0 Å². The third-order valence-corrected chi connectivity index (χ3v) is 4.76. The first kappa shape index (κ1) is 23.8. The van der Waals surface area contributed by atoms with Gasteiger partial charge in [0.05, 0.1) is 10.1 Å². The summed E-state index contributed by atoms with van der Waals surface area (Å²) in [5.74, 6) is 0. The Morgan fingerprint density at radius 3 is 1.80 bits per heavy atom. The minimum atomic E-state index is -4.14. The second-order valence-electron chi connectivity index (χ2n) is 5.24. The van der Waals surface area contributed by atoms with Gasteiger partial charge in [0.1, 0.15) is 0 Å². The van der Waals surface area contributed by atoms with Crippen LogP contribution in [-0.4, -0.2) is 29.9 Å². The third kappa shape index (κ3) is 14.4. The monoisotopic (exact) mass is 332 g/mol. The maximum absolute atomic E-state index is 11.2. The molecule has 1 atom stereocenters. The molecular weight excluding hydrogens is 303 g/mol. The number of aliphatic hydroxyl groups is 1. The quantitative estimate of drug-likeness (QED) is 0.297. The van der Waals surface area contributed by atoms with E-state index in [-0.39, 0.29) is 58.0 Å². The average molecular weight is 333 g/mol. The van der Waals surface area contributed by atoms with Crippen LogP contribution in [0.5, 0.6) is 0 Å². The Balaban J connectivity index is 0. The zero-order valence-corrected chi connectivity index (χ0v) is 17.1. The van der Waals surface area contributed by atoms with Crippen LogP contribution in [0.1, 0.15) is 77.6 Å². The van der Waals surface area contributed by atoms with Gasteiger partial charge in [-0.2, -0.15) is 0 Å². The van der Waals surface area contributed by atoms with Crippen LogP contribution in [0.4, 0.5) is 0 Å². The van der Waals surface area contributed by atoms with E-state index in [1.165, 1.54) is 0 Å². The first-order valence-corrected chi connectivity index (χ1v) is 9.05. The maximum Gasteiger partial charge on any atom is 1.00 e. The summed E-state index contributed by atoms with van der Waals surface area (Å²) >= 11 is 0. The molecule has 0 aliphatic carbocycles. The van der Waals surface area contributed by atoms with E-state index in [4.69, 9.17) is 5.11 Å². The van der Waals surface area contributed by atoms with Gasteiger partial charge in [0.15, 0.2) is 0 Å². The molecule has 0 aromatic heterocycles. The van der Waals surface area contributed by atoms with E-state index in [1.54, 1.807) is 0 Å². The Morgan fingerprint density at radius 2 is 1.35 bits per heavy atom. The van der Waals surface area contributed by atoms with Crippen molar-refractivity contribution in [1.82, 2.24) is 0 Å². The molecule has 0 spiro atoms. The SMILES string of the molecule is CCCCCCC(CCCCCCCO)S(=O)(=O)[O-].[K+]. The second kappa shape index (κ2) is 15.4. The molecule has 0 radical (unpaired) electrons. The normalized spacial score (nSPS) is 12.9. The Morgan fingerprint density at radius 1 is 0.900 bits per heavy atom. The Bertz CT molecular complexity index is 294. The van der Waals surface area contributed by atoms with E-state index < -0.39 is 15.4 Å². The van der Waals surface area contributed by atoms with Gasteiger partial charge in [0, 0.05) is 11.9 Å². The number of rotatable bonds is 13. The molecular formula is C14H29KO4S. The van der Waals surface area contributed by atoms with Crippen LogP contribution in [0.2, 0.25) is 0 Å². The summed E-state index contributed by atoms with van der Waals surface area (Å²) in [5.41, 5.74) is 0. The minimum Gasteiger partial charge on any atom is -0.748 e. The van der Waals surface area contributed by atoms with Crippen molar-refractivity contribution in [2.75, 3.05) is 6.61 Å². The topological polar surface area (TPSA) is 77.4 Å². The van der Waals surface area contributed by atoms with E-state index in [1.807, 2.05) is 0 Å². The molecule has 1 unspecified atom stereocenters. The van der Waals surface area contributed by atoms with E-state index in [2.05, 4.69) is 6.92 Å². The molecule has 0 aliphatic rings. The number of hydrogen-bond acceptors (Lipinski definition) is 4. The Kier molecular flexibility index (Phi) is 18.3. The van der Waals surface area contributed by atoms with Crippen molar-refractivity contribution in [3.8, 4) is 0 Å². The van der Waals surface area contributed by atoms with Crippen LogP contribution in [0.25, 0.3) is 0 Å². The Hall–Kier alpha value is 1.51. The largest absolute Gasteiger partial charge is 1.00 e. The zero-order chi connectivity index (χ0) is 14.6. The van der Waals surface area contributed by atoms with Gasteiger partial charge in [0.2, 0.25) is 0 Å². The summed E-state index contributed by atoms with van der Waals surface area (Å²) in [4.78, 5) is 0. The van der Waals surface area contributed by atoms with Gasteiger partial charge in [-0.15, -0.1) is 0 Å². The molecule has 0 fully saturated rings. The number of hydrogen-bond donors (Lipinski definition) is 1. The summed E-state index contributed by atoms with van der Waals surface area (Å²) in [5, 5.41) is 7.95. The molecule has 0 aromatic carbocycles. The molecule has 0 aliphatic heterocycles. The van der Waals surface area contributed by atoms with Gasteiger partial charge in [-0.1, -0.05) is 58.3 Å². The fraction of sp³-hybridized carbons (Fsp3) is 1.00. The van der Waals surface area contributed by atoms with Crippen LogP contribution < -0.4 is 51.4 Å². The van der Waals surface area contributed by atoms with Crippen molar-refractivity contribution in [3.05, 3.63) is 0 Å². The average Bonchev–Trinajstić information content (AvgIpc) is 2.34. The molecule has 20 heavy (non-hydrogen) atoms. The van der Waals surface area contributed by atoms with Crippen LogP contribution in [0.3, 0.4) is 0 Å². The molecule has 0 heterocycles. The summed E-state index contributed by atoms with van der Waals surface area (Å²) in [6.45, 7) is 2.32. The molecule has 1 N–H and O–H groups in total. The van der Waals surface area contributed by atoms with E-state index >= 15 is 0 Å². The first-order chi connectivity index (χ1) is 9.02. The smallest absolute Gasteiger partial charge is 0.748 e. The predicted octanol–water partition coefficient (Wildman–Crippen LogP) is 0.208. The molecule has 0 saturated carbocycles. The molecule has 0 aromatic rings. The van der Waals surface area contributed by atoms with Crippen LogP contribution in [0, 0.1) is 0 Å². The van der Waals surface area contributed by atoms with Crippen molar-refractivity contribution >= 4 is 10.1 Å². The maximum atomic E-state index is 11.2. The van der Waals surface area contributed by atoms with Crippen molar-refractivity contribution < 1.29 is 69.5 Å². The number of unbranched alkanes of at least 4 members (excludes halogenated alkanes) is 7. The summed E-state index contributed by atoms with van der Waals surface area (Å²) < 4.78 is 33.5. The summed E-state index contributed by atoms with van der Waals surface area (Å²) in [7, 11) is -4.14. The minimum absolute atomic E-state index is 0. The van der Waals surface area contributed by atoms with Gasteiger partial charge in [0.25, 0.3) is 0 Å². The van der Waals surface area contributed by atoms with Crippen LogP contribution in [-0.2, 0) is 10.1 Å². The van der Waals surface area contributed by atoms with Crippen molar-refractivity contribution in [2.45, 2.75) is 82.8 Å². The standard InChI is InChI=1S/C14H30O4S.K/c1-2-3-4-8-11-14(19(16,17)18)12-9-6-5-7-10-13-15;/h14-15H,2-13H2,1H3,(H,16,17,18);/q;+1/p-1. The summed E-state index contributed by atoms with van der Waals surface area (Å²) in [6, 6.07) is 0. The fourth-order valence-corrected chi connectivity index (χ4v) is 3.16. The molecule has 4 nitrogen and oxygen atoms in total. The van der Waals surface area contributed by atoms with E-state index in [0.29, 0.717) is 12.8 Å². The van der Waals surface area contributed by atoms with E-state index in [9.17, 15) is 13.0 Å². The molecule has 0 amide bonds. The third-order valence-electron chi connectivity index (χ3n) is 3.47. The zero-order valence-electron chi connectivity index (χ0n) is 13.1. The van der Waals surface area contributed by atoms with Gasteiger partial charge in [-0.3, -0.25) is 0 Å². The van der Waals surface area contributed by atoms with Crippen molar-refractivity contribution in [2.24, 2.45) is 0 Å². The van der Waals surface area contributed by atoms with Gasteiger partial charge >= 0.3 is 51.4 Å². The molecule has 0 rings (SSSR count). The first-order valence-electron chi connectivity index (χ1n) is 7.58. The van der Waals surface area contributed by atoms with E-state index in [0.717, 1.165) is 57.8 Å². The van der Waals surface area contributed by atoms with Gasteiger partial charge in [-0.25, -0.2) is 8.42 Å².